The summed E-state index contributed by atoms with van der Waals surface area (Å²) < 4.78 is 27.0. The number of aromatic carboxylic acids is 1. The van der Waals surface area contributed by atoms with E-state index in [2.05, 4.69) is 22.5 Å². The number of pyridine rings is 1. The number of para-hydroxylation sites is 1. The van der Waals surface area contributed by atoms with E-state index in [0.29, 0.717) is 36.3 Å². The van der Waals surface area contributed by atoms with Crippen molar-refractivity contribution in [3.63, 3.8) is 0 Å². The van der Waals surface area contributed by atoms with E-state index in [1.54, 1.807) is 18.2 Å². The SMILES string of the molecule is CCCc1cc2c(C)cc(C(=O)O)nc2n1Cc1ccc(-c2ccccc2N(C(=O)C2CC2)S(=O)[O-])cc1. The zero-order chi connectivity index (χ0) is 27.0. The molecule has 9 heteroatoms. The number of carboxylic acid groups (broad SMARTS) is 1. The molecule has 0 bridgehead atoms. The number of carbonyl (C=O) groups excluding carboxylic acids is 1. The van der Waals surface area contributed by atoms with Crippen molar-refractivity contribution >= 4 is 39.9 Å². The number of hydrogen-bond donors (Lipinski definition) is 1. The lowest BCUT2D eigenvalue weighted by atomic mass is 10.0. The van der Waals surface area contributed by atoms with Gasteiger partial charge in [-0.15, -0.1) is 0 Å². The van der Waals surface area contributed by atoms with E-state index >= 15 is 0 Å². The molecule has 2 heterocycles. The van der Waals surface area contributed by atoms with Crippen molar-refractivity contribution in [2.75, 3.05) is 4.31 Å². The van der Waals surface area contributed by atoms with Crippen molar-refractivity contribution in [2.24, 2.45) is 5.92 Å². The van der Waals surface area contributed by atoms with Crippen molar-refractivity contribution < 1.29 is 23.5 Å². The Balaban J connectivity index is 1.50. The Morgan fingerprint density at radius 3 is 2.47 bits per heavy atom. The average molecular weight is 531 g/mol. The molecule has 38 heavy (non-hydrogen) atoms. The lowest BCUT2D eigenvalue weighted by Crippen LogP contribution is -2.34. The van der Waals surface area contributed by atoms with Crippen molar-refractivity contribution in [1.82, 2.24) is 9.55 Å². The zero-order valence-corrected chi connectivity index (χ0v) is 22.0. The van der Waals surface area contributed by atoms with E-state index in [1.165, 1.54) is 0 Å². The molecule has 1 saturated carbocycles. The molecular formula is C29H28N3O5S-. The van der Waals surface area contributed by atoms with Crippen LogP contribution in [0.3, 0.4) is 0 Å². The van der Waals surface area contributed by atoms with Crippen molar-refractivity contribution in [3.8, 4) is 11.1 Å². The third kappa shape index (κ3) is 4.99. The molecule has 1 aliphatic rings. The van der Waals surface area contributed by atoms with Gasteiger partial charge in [-0.1, -0.05) is 55.8 Å². The van der Waals surface area contributed by atoms with Gasteiger partial charge in [0.05, 0.1) is 17.0 Å². The molecule has 0 spiro atoms. The second kappa shape index (κ2) is 10.5. The topological polar surface area (TPSA) is 116 Å². The molecule has 2 aromatic heterocycles. The molecule has 4 aromatic rings. The summed E-state index contributed by atoms with van der Waals surface area (Å²) >= 11 is -2.72. The number of aryl methyl sites for hydroxylation is 2. The highest BCUT2D eigenvalue weighted by atomic mass is 32.2. The molecule has 5 rings (SSSR count). The number of aromatic nitrogens is 2. The Kier molecular flexibility index (Phi) is 7.14. The fourth-order valence-electron chi connectivity index (χ4n) is 4.82. The summed E-state index contributed by atoms with van der Waals surface area (Å²) in [6, 6.07) is 18.4. The van der Waals surface area contributed by atoms with Gasteiger partial charge < -0.3 is 14.2 Å². The predicted molar refractivity (Wildman–Crippen MR) is 146 cm³/mol. The summed E-state index contributed by atoms with van der Waals surface area (Å²) in [6.07, 6.45) is 3.19. The minimum atomic E-state index is -2.72. The second-order valence-electron chi connectivity index (χ2n) is 9.68. The van der Waals surface area contributed by atoms with Gasteiger partial charge in [0.25, 0.3) is 0 Å². The molecular weight excluding hydrogens is 502 g/mol. The van der Waals surface area contributed by atoms with Gasteiger partial charge in [-0.25, -0.2) is 14.1 Å². The Morgan fingerprint density at radius 2 is 1.84 bits per heavy atom. The van der Waals surface area contributed by atoms with Gasteiger partial charge in [0.1, 0.15) is 5.65 Å². The van der Waals surface area contributed by atoms with E-state index in [-0.39, 0.29) is 11.6 Å². The summed E-state index contributed by atoms with van der Waals surface area (Å²) in [6.45, 7) is 4.51. The maximum atomic E-state index is 12.7. The van der Waals surface area contributed by atoms with Crippen LogP contribution in [0.1, 0.15) is 53.5 Å². The largest absolute Gasteiger partial charge is 0.755 e. The smallest absolute Gasteiger partial charge is 0.354 e. The fourth-order valence-corrected chi connectivity index (χ4v) is 5.43. The highest BCUT2D eigenvalue weighted by Crippen LogP contribution is 2.37. The quantitative estimate of drug-likeness (QED) is 0.296. The fraction of sp³-hybridized carbons (Fsp3) is 0.276. The Morgan fingerprint density at radius 1 is 1.13 bits per heavy atom. The summed E-state index contributed by atoms with van der Waals surface area (Å²) in [5, 5.41) is 10.5. The van der Waals surface area contributed by atoms with Gasteiger partial charge in [-0.05, 0) is 61.1 Å². The van der Waals surface area contributed by atoms with Crippen LogP contribution in [0.15, 0.2) is 60.7 Å². The standard InChI is InChI=1S/C29H29N3O5S/c1-3-6-22-16-24-18(2)15-25(29(34)35)30-27(24)31(22)17-19-9-11-20(12-10-19)23-7-4-5-8-26(23)32(38(36)37)28(33)21-13-14-21/h4-5,7-12,15-16,21H,3,6,13-14,17H2,1-2H3,(H,34,35)(H,36,37)/p-1. The molecule has 196 valence electrons. The lowest BCUT2D eigenvalue weighted by Gasteiger charge is -2.26. The van der Waals surface area contributed by atoms with Crippen LogP contribution in [0.25, 0.3) is 22.2 Å². The maximum absolute atomic E-state index is 12.7. The van der Waals surface area contributed by atoms with Gasteiger partial charge in [0, 0.05) is 29.1 Å². The van der Waals surface area contributed by atoms with Crippen LogP contribution >= 0.6 is 0 Å². The minimum Gasteiger partial charge on any atom is -0.755 e. The molecule has 1 unspecified atom stereocenters. The summed E-state index contributed by atoms with van der Waals surface area (Å²) in [7, 11) is 0. The normalized spacial score (nSPS) is 14.0. The summed E-state index contributed by atoms with van der Waals surface area (Å²) in [4.78, 5) is 28.8. The molecule has 0 radical (unpaired) electrons. The van der Waals surface area contributed by atoms with Crippen LogP contribution in [0.5, 0.6) is 0 Å². The minimum absolute atomic E-state index is 0.0189. The lowest BCUT2D eigenvalue weighted by molar-refractivity contribution is -0.118. The average Bonchev–Trinajstić information content (AvgIpc) is 3.69. The second-order valence-corrected chi connectivity index (χ2v) is 10.5. The molecule has 1 atom stereocenters. The van der Waals surface area contributed by atoms with Crippen LogP contribution in [0.4, 0.5) is 5.69 Å². The zero-order valence-electron chi connectivity index (χ0n) is 21.2. The third-order valence-electron chi connectivity index (χ3n) is 6.89. The number of carbonyl (C=O) groups is 2. The van der Waals surface area contributed by atoms with Crippen LogP contribution in [-0.2, 0) is 29.0 Å². The first-order valence-electron chi connectivity index (χ1n) is 12.6. The molecule has 1 N–H and O–H groups in total. The van der Waals surface area contributed by atoms with Crippen LogP contribution in [0.2, 0.25) is 0 Å². The molecule has 2 aromatic carbocycles. The molecule has 0 saturated heterocycles. The third-order valence-corrected chi connectivity index (χ3v) is 7.56. The molecule has 1 aliphatic carbocycles. The first-order chi connectivity index (χ1) is 18.3. The van der Waals surface area contributed by atoms with Crippen LogP contribution in [-0.4, -0.2) is 35.3 Å². The molecule has 1 fully saturated rings. The van der Waals surface area contributed by atoms with Crippen molar-refractivity contribution in [1.29, 1.82) is 0 Å². The van der Waals surface area contributed by atoms with E-state index in [0.717, 1.165) is 44.9 Å². The van der Waals surface area contributed by atoms with E-state index in [1.807, 2.05) is 43.3 Å². The van der Waals surface area contributed by atoms with Gasteiger partial charge in [-0.2, -0.15) is 0 Å². The molecule has 1 amide bonds. The number of rotatable bonds is 9. The number of hydrogen-bond acceptors (Lipinski definition) is 5. The van der Waals surface area contributed by atoms with Crippen molar-refractivity contribution in [3.05, 3.63) is 83.2 Å². The molecule has 8 nitrogen and oxygen atoms in total. The Bertz CT molecular complexity index is 1560. The summed E-state index contributed by atoms with van der Waals surface area (Å²) in [5.74, 6) is -1.69. The number of nitrogens with zero attached hydrogens (tertiary/aromatic N) is 3. The van der Waals surface area contributed by atoms with E-state index in [9.17, 15) is 23.5 Å². The highest BCUT2D eigenvalue weighted by Gasteiger charge is 2.35. The van der Waals surface area contributed by atoms with Crippen LogP contribution < -0.4 is 4.31 Å². The Hall–Kier alpha value is -3.82. The monoisotopic (exact) mass is 530 g/mol. The molecule has 0 aliphatic heterocycles. The number of amides is 1. The number of carboxylic acids is 1. The van der Waals surface area contributed by atoms with Gasteiger partial charge >= 0.3 is 5.97 Å². The van der Waals surface area contributed by atoms with Crippen molar-refractivity contribution in [2.45, 2.75) is 46.1 Å². The Labute approximate surface area is 223 Å². The number of fused-ring (bicyclic) bond motifs is 1. The van der Waals surface area contributed by atoms with E-state index < -0.39 is 23.1 Å². The number of benzene rings is 2. The van der Waals surface area contributed by atoms with E-state index in [4.69, 9.17) is 0 Å². The van der Waals surface area contributed by atoms with Gasteiger partial charge in [0.2, 0.25) is 5.91 Å². The maximum Gasteiger partial charge on any atom is 0.354 e. The predicted octanol–water partition coefficient (Wildman–Crippen LogP) is 5.25. The first-order valence-corrected chi connectivity index (χ1v) is 13.7. The summed E-state index contributed by atoms with van der Waals surface area (Å²) in [5.41, 5.74) is 5.39. The number of anilines is 1. The highest BCUT2D eigenvalue weighted by molar-refractivity contribution is 7.81. The van der Waals surface area contributed by atoms with Gasteiger partial charge in [0.15, 0.2) is 5.69 Å². The first kappa shape index (κ1) is 25.8. The van der Waals surface area contributed by atoms with Gasteiger partial charge in [-0.3, -0.25) is 9.00 Å². The van der Waals surface area contributed by atoms with Crippen LogP contribution in [0, 0.1) is 12.8 Å².